The van der Waals surface area contributed by atoms with E-state index in [0.717, 1.165) is 17.3 Å². The molecule has 90 valence electrons. The number of carbonyl (C=O) groups is 1. The van der Waals surface area contributed by atoms with Crippen molar-refractivity contribution in [2.75, 3.05) is 6.54 Å². The topological polar surface area (TPSA) is 70.9 Å². The van der Waals surface area contributed by atoms with Crippen LogP contribution in [0, 0.1) is 0 Å². The van der Waals surface area contributed by atoms with Gasteiger partial charge in [0.2, 0.25) is 0 Å². The van der Waals surface area contributed by atoms with Crippen molar-refractivity contribution in [1.29, 1.82) is 0 Å². The van der Waals surface area contributed by atoms with Crippen molar-refractivity contribution in [2.45, 2.75) is 19.4 Å². The molecule has 1 amide bonds. The van der Waals surface area contributed by atoms with Crippen molar-refractivity contribution in [2.24, 2.45) is 5.73 Å². The van der Waals surface area contributed by atoms with E-state index in [1.54, 1.807) is 0 Å². The first-order chi connectivity index (χ1) is 8.16. The summed E-state index contributed by atoms with van der Waals surface area (Å²) in [6.45, 7) is 2.53. The zero-order valence-corrected chi connectivity index (χ0v) is 9.86. The van der Waals surface area contributed by atoms with Gasteiger partial charge in [-0.25, -0.2) is 0 Å². The lowest BCUT2D eigenvalue weighted by Gasteiger charge is -2.05. The van der Waals surface area contributed by atoms with Gasteiger partial charge in [-0.15, -0.1) is 0 Å². The second-order valence-corrected chi connectivity index (χ2v) is 4.29. The molecular formula is C13H17N3O. The number of fused-ring (bicyclic) bond motifs is 1. The maximum atomic E-state index is 11.8. The van der Waals surface area contributed by atoms with E-state index >= 15 is 0 Å². The fourth-order valence-electron chi connectivity index (χ4n) is 1.70. The van der Waals surface area contributed by atoms with Gasteiger partial charge >= 0.3 is 0 Å². The highest BCUT2D eigenvalue weighted by Crippen LogP contribution is 2.14. The quantitative estimate of drug-likeness (QED) is 0.748. The van der Waals surface area contributed by atoms with Gasteiger partial charge < -0.3 is 16.0 Å². The normalized spacial score (nSPS) is 12.6. The molecule has 0 bridgehead atoms. The van der Waals surface area contributed by atoms with Crippen molar-refractivity contribution in [3.8, 4) is 0 Å². The van der Waals surface area contributed by atoms with Crippen LogP contribution in [0.25, 0.3) is 10.9 Å². The summed E-state index contributed by atoms with van der Waals surface area (Å²) in [6, 6.07) is 9.79. The van der Waals surface area contributed by atoms with Crippen LogP contribution in [-0.2, 0) is 0 Å². The van der Waals surface area contributed by atoms with Crippen molar-refractivity contribution in [1.82, 2.24) is 10.3 Å². The Labute approximate surface area is 100 Å². The number of aromatic amines is 1. The van der Waals surface area contributed by atoms with E-state index in [9.17, 15) is 4.79 Å². The largest absolute Gasteiger partial charge is 0.351 e. The third kappa shape index (κ3) is 2.85. The van der Waals surface area contributed by atoms with Crippen LogP contribution in [0.4, 0.5) is 0 Å². The smallest absolute Gasteiger partial charge is 0.267 e. The third-order valence-electron chi connectivity index (χ3n) is 2.66. The van der Waals surface area contributed by atoms with Crippen LogP contribution in [0.15, 0.2) is 30.3 Å². The molecule has 1 unspecified atom stereocenters. The first-order valence-electron chi connectivity index (χ1n) is 5.78. The van der Waals surface area contributed by atoms with Crippen molar-refractivity contribution in [3.05, 3.63) is 36.0 Å². The van der Waals surface area contributed by atoms with Gasteiger partial charge in [-0.1, -0.05) is 18.2 Å². The van der Waals surface area contributed by atoms with Gasteiger partial charge in [-0.3, -0.25) is 4.79 Å². The molecule has 0 saturated carbocycles. The summed E-state index contributed by atoms with van der Waals surface area (Å²) in [5.74, 6) is -0.0816. The summed E-state index contributed by atoms with van der Waals surface area (Å²) >= 11 is 0. The number of para-hydroxylation sites is 1. The number of nitrogens with two attached hydrogens (primary N) is 1. The zero-order chi connectivity index (χ0) is 12.3. The summed E-state index contributed by atoms with van der Waals surface area (Å²) in [5.41, 5.74) is 7.19. The Hall–Kier alpha value is -1.81. The molecule has 0 aliphatic carbocycles. The molecule has 0 aliphatic heterocycles. The van der Waals surface area contributed by atoms with E-state index in [0.29, 0.717) is 12.2 Å². The summed E-state index contributed by atoms with van der Waals surface area (Å²) in [7, 11) is 0. The number of amides is 1. The minimum absolute atomic E-state index is 0.0816. The number of hydrogen-bond donors (Lipinski definition) is 3. The van der Waals surface area contributed by atoms with Gasteiger partial charge in [0.15, 0.2) is 0 Å². The number of carbonyl (C=O) groups excluding carboxylic acids is 1. The Bertz CT molecular complexity index is 483. The fraction of sp³-hybridized carbons (Fsp3) is 0.308. The van der Waals surface area contributed by atoms with Crippen LogP contribution in [-0.4, -0.2) is 23.5 Å². The fourth-order valence-corrected chi connectivity index (χ4v) is 1.70. The molecule has 1 aromatic heterocycles. The van der Waals surface area contributed by atoms with Crippen molar-refractivity contribution >= 4 is 16.8 Å². The van der Waals surface area contributed by atoms with E-state index in [1.807, 2.05) is 37.3 Å². The summed E-state index contributed by atoms with van der Waals surface area (Å²) < 4.78 is 0. The van der Waals surface area contributed by atoms with E-state index in [4.69, 9.17) is 5.73 Å². The Balaban J connectivity index is 2.04. The van der Waals surface area contributed by atoms with E-state index in [-0.39, 0.29) is 11.9 Å². The standard InChI is InChI=1S/C13H17N3O/c1-9(14)6-7-15-13(17)12-8-10-4-2-3-5-11(10)16-12/h2-5,8-9,16H,6-7,14H2,1H3,(H,15,17). The van der Waals surface area contributed by atoms with Gasteiger partial charge in [-0.2, -0.15) is 0 Å². The van der Waals surface area contributed by atoms with Crippen LogP contribution in [0.5, 0.6) is 0 Å². The summed E-state index contributed by atoms with van der Waals surface area (Å²) in [4.78, 5) is 14.9. The maximum Gasteiger partial charge on any atom is 0.267 e. The number of hydrogen-bond acceptors (Lipinski definition) is 2. The molecule has 4 nitrogen and oxygen atoms in total. The molecule has 0 spiro atoms. The molecular weight excluding hydrogens is 214 g/mol. The van der Waals surface area contributed by atoms with Crippen LogP contribution >= 0.6 is 0 Å². The van der Waals surface area contributed by atoms with E-state index < -0.39 is 0 Å². The molecule has 2 rings (SSSR count). The molecule has 1 heterocycles. The lowest BCUT2D eigenvalue weighted by Crippen LogP contribution is -2.29. The van der Waals surface area contributed by atoms with Gasteiger partial charge in [-0.05, 0) is 25.5 Å². The van der Waals surface area contributed by atoms with Gasteiger partial charge in [0.1, 0.15) is 5.69 Å². The van der Waals surface area contributed by atoms with Crippen molar-refractivity contribution in [3.63, 3.8) is 0 Å². The van der Waals surface area contributed by atoms with E-state index in [1.165, 1.54) is 0 Å². The number of rotatable bonds is 4. The SMILES string of the molecule is CC(N)CCNC(=O)c1cc2ccccc2[nH]1. The maximum absolute atomic E-state index is 11.8. The second-order valence-electron chi connectivity index (χ2n) is 4.29. The molecule has 0 saturated heterocycles. The molecule has 4 heteroatoms. The molecule has 1 atom stereocenters. The summed E-state index contributed by atoms with van der Waals surface area (Å²) in [5, 5.41) is 3.89. The number of aromatic nitrogens is 1. The van der Waals surface area contributed by atoms with Crippen LogP contribution in [0.1, 0.15) is 23.8 Å². The Morgan fingerprint density at radius 2 is 2.24 bits per heavy atom. The first kappa shape index (κ1) is 11.7. The van der Waals surface area contributed by atoms with Crippen molar-refractivity contribution < 1.29 is 4.79 Å². The highest BCUT2D eigenvalue weighted by molar-refractivity contribution is 5.97. The Kier molecular flexibility index (Phi) is 3.44. The van der Waals surface area contributed by atoms with Gasteiger partial charge in [0, 0.05) is 23.5 Å². The molecule has 17 heavy (non-hydrogen) atoms. The molecule has 0 fully saturated rings. The Morgan fingerprint density at radius 3 is 2.94 bits per heavy atom. The lowest BCUT2D eigenvalue weighted by molar-refractivity contribution is 0.0948. The van der Waals surface area contributed by atoms with Crippen LogP contribution in [0.2, 0.25) is 0 Å². The van der Waals surface area contributed by atoms with Crippen LogP contribution < -0.4 is 11.1 Å². The number of nitrogens with one attached hydrogen (secondary N) is 2. The average molecular weight is 231 g/mol. The van der Waals surface area contributed by atoms with Gasteiger partial charge in [0.05, 0.1) is 0 Å². The predicted molar refractivity (Wildman–Crippen MR) is 68.9 cm³/mol. The third-order valence-corrected chi connectivity index (χ3v) is 2.66. The molecule has 2 aromatic rings. The predicted octanol–water partition coefficient (Wildman–Crippen LogP) is 1.63. The molecule has 4 N–H and O–H groups in total. The lowest BCUT2D eigenvalue weighted by atomic mass is 10.2. The minimum Gasteiger partial charge on any atom is -0.351 e. The van der Waals surface area contributed by atoms with Gasteiger partial charge in [0.25, 0.3) is 5.91 Å². The average Bonchev–Trinajstić information content (AvgIpc) is 2.71. The Morgan fingerprint density at radius 1 is 1.47 bits per heavy atom. The molecule has 0 radical (unpaired) electrons. The van der Waals surface area contributed by atoms with Crippen LogP contribution in [0.3, 0.4) is 0 Å². The number of H-pyrrole nitrogens is 1. The molecule has 1 aromatic carbocycles. The van der Waals surface area contributed by atoms with E-state index in [2.05, 4.69) is 10.3 Å². The monoisotopic (exact) mass is 231 g/mol. The number of benzene rings is 1. The minimum atomic E-state index is -0.0816. The second kappa shape index (κ2) is 5.01. The molecule has 0 aliphatic rings. The highest BCUT2D eigenvalue weighted by atomic mass is 16.1. The highest BCUT2D eigenvalue weighted by Gasteiger charge is 2.08. The zero-order valence-electron chi connectivity index (χ0n) is 9.86. The summed E-state index contributed by atoms with van der Waals surface area (Å²) in [6.07, 6.45) is 0.784. The first-order valence-corrected chi connectivity index (χ1v) is 5.78.